The van der Waals surface area contributed by atoms with Crippen molar-refractivity contribution >= 4 is 75.2 Å². The molecule has 4 aromatic rings. The van der Waals surface area contributed by atoms with Crippen LogP contribution in [0.2, 0.25) is 0 Å². The van der Waals surface area contributed by atoms with Crippen LogP contribution in [-0.4, -0.2) is 149 Å². The first-order chi connectivity index (χ1) is 40.5. The van der Waals surface area contributed by atoms with E-state index in [4.69, 9.17) is 47.4 Å². The molecule has 1 N–H and O–H groups in total. The molecule has 8 heterocycles. The van der Waals surface area contributed by atoms with E-state index in [1.807, 2.05) is 22.9 Å². The third-order valence-corrected chi connectivity index (χ3v) is 16.5. The van der Waals surface area contributed by atoms with E-state index in [-0.39, 0.29) is 59.3 Å². The Morgan fingerprint density at radius 1 is 0.675 bits per heavy atom. The average Bonchev–Trinajstić information content (AvgIpc) is 2.42. The quantitative estimate of drug-likeness (QED) is 0.0400. The number of rotatable bonds is 19. The van der Waals surface area contributed by atoms with Gasteiger partial charge in [0.25, 0.3) is 11.8 Å². The van der Waals surface area contributed by atoms with Crippen LogP contribution in [0.3, 0.4) is 0 Å². The number of thiophene rings is 2. The Balaban J connectivity index is 0.000000204. The number of unbranched alkanes of at least 4 members (excludes halogenated alkanes) is 2. The van der Waals surface area contributed by atoms with Crippen LogP contribution in [0.15, 0.2) is 95.4 Å². The number of methoxy groups -OCH3 is 3. The lowest BCUT2D eigenvalue weighted by Gasteiger charge is -2.42. The van der Waals surface area contributed by atoms with Crippen LogP contribution in [0.5, 0.6) is 23.0 Å². The maximum Gasteiger partial charge on any atom is 0.416 e. The van der Waals surface area contributed by atoms with Crippen molar-refractivity contribution in [1.29, 1.82) is 0 Å². The molecular weight excluding hydrogens is 1110 g/mol. The Bertz CT molecular complexity index is 2990. The minimum atomic E-state index is -0.930. The number of ether oxygens (including phenoxy) is 10. The molecule has 444 valence electrons. The first-order valence-corrected chi connectivity index (χ1v) is 29.9. The molecule has 6 aliphatic heterocycles. The number of carbonyl (C=O) groups excluding carboxylic acids is 5. The van der Waals surface area contributed by atoms with Crippen molar-refractivity contribution in [3.63, 3.8) is 0 Å². The van der Waals surface area contributed by atoms with Gasteiger partial charge in [0.2, 0.25) is 0 Å². The molecule has 0 aliphatic carbocycles. The van der Waals surface area contributed by atoms with Crippen LogP contribution in [0.1, 0.15) is 109 Å². The van der Waals surface area contributed by atoms with E-state index in [1.54, 1.807) is 44.6 Å². The Labute approximate surface area is 491 Å². The van der Waals surface area contributed by atoms with Gasteiger partial charge in [-0.1, -0.05) is 37.5 Å². The van der Waals surface area contributed by atoms with Crippen molar-refractivity contribution in [3.05, 3.63) is 118 Å². The fourth-order valence-electron chi connectivity index (χ4n) is 11.0. The summed E-state index contributed by atoms with van der Waals surface area (Å²) < 4.78 is 57.9. The zero-order valence-electron chi connectivity index (χ0n) is 47.1. The predicted octanol–water partition coefficient (Wildman–Crippen LogP) is 11.0. The highest BCUT2D eigenvalue weighted by Crippen LogP contribution is 2.46. The van der Waals surface area contributed by atoms with Crippen LogP contribution in [0.4, 0.5) is 21.0 Å². The van der Waals surface area contributed by atoms with Gasteiger partial charge in [0.15, 0.2) is 48.0 Å². The fourth-order valence-corrected chi connectivity index (χ4v) is 12.3. The molecule has 0 bridgehead atoms. The van der Waals surface area contributed by atoms with Gasteiger partial charge in [-0.2, -0.15) is 22.7 Å². The van der Waals surface area contributed by atoms with Gasteiger partial charge in [0.05, 0.1) is 62.5 Å². The molecule has 2 aromatic carbocycles. The molecule has 4 unspecified atom stereocenters. The summed E-state index contributed by atoms with van der Waals surface area (Å²) in [6.45, 7) is 9.39. The summed E-state index contributed by atoms with van der Waals surface area (Å²) in [6, 6.07) is 9.10. The highest BCUT2D eigenvalue weighted by molar-refractivity contribution is 7.08. The minimum absolute atomic E-state index is 0.0230. The van der Waals surface area contributed by atoms with Crippen molar-refractivity contribution in [2.24, 2.45) is 0 Å². The van der Waals surface area contributed by atoms with E-state index in [9.17, 15) is 29.1 Å². The summed E-state index contributed by atoms with van der Waals surface area (Å²) in [4.78, 5) is 73.5. The standard InChI is InChI=1S/C34H42N2O9S.C27H30N2O7S/c1-4-15-44-34(39)36-26-21-29(42-16-8-5-6-10-30(37)41-3)28(40-2)20-25(26)32(38)35-14-12-23(24-13-18-46-22-24)19-27(35)33(36)45-31-11-7-9-17-43-31;1-3-10-35-27(32)29-20-15-22(30)23(33-2)14-19(20)25(31)28-9-7-17(18-8-12-37-16-18)13-21(28)26(29)36-24-6-4-5-11-34-24/h4,12-13,18,20-22,27,31,33H,1,5-11,14-17,19H2,2-3H3;3,7-8,12,14-16,21,24,26,30H,1,4-6,9-11,13H2,2H3/t27-,31?,33?;21-,24?,26?/m00/s1. The smallest absolute Gasteiger partial charge is 0.416 e. The molecule has 10 rings (SSSR count). The number of hydrogen-bond acceptors (Lipinski definition) is 18. The SMILES string of the molecule is C=CCOC(=O)N1c2cc(O)c(OC)cc2C(=O)N2CC=C(c3ccsc3)C[C@H]2C1OC1CCCCO1.C=CCOC(=O)N1c2cc(OCCCCCC(=O)OC)c(OC)cc2C(=O)N2CC=C(c3ccsc3)C[C@H]2C1OC1CCCCO1. The number of fused-ring (bicyclic) bond motifs is 4. The topological polar surface area (TPSA) is 211 Å². The summed E-state index contributed by atoms with van der Waals surface area (Å²) in [7, 11) is 4.29. The normalized spacial score (nSPS) is 22.1. The van der Waals surface area contributed by atoms with Gasteiger partial charge in [0, 0.05) is 44.9 Å². The number of esters is 1. The number of phenolic OH excluding ortho intramolecular Hbond substituents is 1. The number of anilines is 2. The lowest BCUT2D eigenvalue weighted by atomic mass is 9.94. The molecule has 2 aromatic heterocycles. The molecule has 6 aliphatic rings. The van der Waals surface area contributed by atoms with Gasteiger partial charge in [0.1, 0.15) is 13.2 Å². The van der Waals surface area contributed by atoms with Gasteiger partial charge >= 0.3 is 18.2 Å². The van der Waals surface area contributed by atoms with Gasteiger partial charge in [-0.05, 0) is 139 Å². The summed E-state index contributed by atoms with van der Waals surface area (Å²) in [5, 5.41) is 18.8. The monoisotopic (exact) mass is 1180 g/mol. The second kappa shape index (κ2) is 28.9. The minimum Gasteiger partial charge on any atom is -0.504 e. The third-order valence-electron chi connectivity index (χ3n) is 15.2. The number of amides is 4. The average molecular weight is 1180 g/mol. The molecule has 22 heteroatoms. The van der Waals surface area contributed by atoms with Crippen molar-refractivity contribution in [2.75, 3.05) is 77.3 Å². The number of carbonyl (C=O) groups is 5. The lowest BCUT2D eigenvalue weighted by Crippen LogP contribution is -2.57. The largest absolute Gasteiger partial charge is 0.504 e. The number of benzene rings is 2. The predicted molar refractivity (Wildman–Crippen MR) is 312 cm³/mol. The lowest BCUT2D eigenvalue weighted by molar-refractivity contribution is -0.197. The molecule has 0 radical (unpaired) electrons. The summed E-state index contributed by atoms with van der Waals surface area (Å²) >= 11 is 3.20. The van der Waals surface area contributed by atoms with Crippen molar-refractivity contribution in [3.8, 4) is 23.0 Å². The van der Waals surface area contributed by atoms with Crippen LogP contribution >= 0.6 is 22.7 Å². The van der Waals surface area contributed by atoms with Crippen molar-refractivity contribution in [1.82, 2.24) is 9.80 Å². The van der Waals surface area contributed by atoms with Gasteiger partial charge in [-0.3, -0.25) is 14.4 Å². The Kier molecular flexibility index (Phi) is 21.0. The fraction of sp³-hybridized carbons (Fsp3) is 0.459. The third kappa shape index (κ3) is 14.1. The van der Waals surface area contributed by atoms with Crippen LogP contribution in [0.25, 0.3) is 11.1 Å². The first-order valence-electron chi connectivity index (χ1n) is 28.0. The van der Waals surface area contributed by atoms with Gasteiger partial charge in [-0.15, -0.1) is 0 Å². The summed E-state index contributed by atoms with van der Waals surface area (Å²) in [5.74, 6) is -0.149. The Morgan fingerprint density at radius 2 is 1.19 bits per heavy atom. The van der Waals surface area contributed by atoms with E-state index >= 15 is 0 Å². The zero-order valence-corrected chi connectivity index (χ0v) is 48.7. The van der Waals surface area contributed by atoms with E-state index in [0.717, 1.165) is 54.4 Å². The molecule has 4 amide bonds. The van der Waals surface area contributed by atoms with E-state index in [1.165, 1.54) is 55.4 Å². The molecule has 2 fully saturated rings. The molecule has 20 nitrogen and oxygen atoms in total. The molecule has 83 heavy (non-hydrogen) atoms. The van der Waals surface area contributed by atoms with Crippen LogP contribution < -0.4 is 24.0 Å². The van der Waals surface area contributed by atoms with Crippen molar-refractivity contribution < 1.29 is 76.4 Å². The summed E-state index contributed by atoms with van der Waals surface area (Å²) in [6.07, 6.45) is 11.2. The van der Waals surface area contributed by atoms with E-state index in [0.29, 0.717) is 95.0 Å². The molecular formula is C61H72N4O16S2. The number of nitrogens with zero attached hydrogens (tertiary/aromatic N) is 4. The van der Waals surface area contributed by atoms with Crippen LogP contribution in [-0.2, 0) is 38.0 Å². The molecule has 0 saturated carbocycles. The maximum absolute atomic E-state index is 14.4. The Hall–Kier alpha value is -7.21. The molecule has 2 saturated heterocycles. The number of hydrogen-bond donors (Lipinski definition) is 1. The van der Waals surface area contributed by atoms with Crippen LogP contribution in [0, 0.1) is 0 Å². The maximum atomic E-state index is 14.4. The van der Waals surface area contributed by atoms with Gasteiger partial charge in [-0.25, -0.2) is 19.4 Å². The van der Waals surface area contributed by atoms with E-state index < -0.39 is 49.3 Å². The second-order valence-corrected chi connectivity index (χ2v) is 21.9. The van der Waals surface area contributed by atoms with E-state index in [2.05, 4.69) is 36.1 Å². The molecule has 6 atom stereocenters. The number of aromatic hydroxyl groups is 1. The second-order valence-electron chi connectivity index (χ2n) is 20.4. The Morgan fingerprint density at radius 3 is 1.65 bits per heavy atom. The molecule has 0 spiro atoms. The summed E-state index contributed by atoms with van der Waals surface area (Å²) in [5.41, 5.74) is 5.26. The highest BCUT2D eigenvalue weighted by Gasteiger charge is 2.49. The first kappa shape index (κ1) is 60.4. The van der Waals surface area contributed by atoms with Gasteiger partial charge < -0.3 is 62.3 Å². The number of phenols is 1. The van der Waals surface area contributed by atoms with Crippen molar-refractivity contribution in [2.45, 2.75) is 114 Å². The highest BCUT2D eigenvalue weighted by atomic mass is 32.1. The zero-order chi connectivity index (χ0) is 58.4.